The third-order valence-electron chi connectivity index (χ3n) is 12.5. The van der Waals surface area contributed by atoms with Crippen molar-refractivity contribution in [2.24, 2.45) is 0 Å². The molecule has 0 spiro atoms. The molecule has 3 aliphatic rings. The standard InChI is InChI=1S/C46H45F3N8O6S/c1-31(33-17-19-50-39(29-33)41(58)55-25-21-53(22-26-55)35-9-5-3-6-10-35)45(43(60)57(44(61)52-45)37-13-15-38(16-14-37)64(62,63)46(47,48)49)32(2)34-18-20-51-40(30-34)42(59)56-27-23-54(24-28-56)36-11-7-4-8-12-36/h3-20,29-32H,21-28H2,1-2H3,(H,52,61). The molecule has 0 aliphatic carbocycles. The number of carbonyl (C=O) groups is 4. The average molecular weight is 895 g/mol. The highest BCUT2D eigenvalue weighted by atomic mass is 32.2. The van der Waals surface area contributed by atoms with Gasteiger partial charge in [-0.15, -0.1) is 0 Å². The van der Waals surface area contributed by atoms with Gasteiger partial charge in [0.2, 0.25) is 0 Å². The van der Waals surface area contributed by atoms with Gasteiger partial charge in [-0.2, -0.15) is 13.2 Å². The normalized spacial score (nSPS) is 19.4. The van der Waals surface area contributed by atoms with Crippen molar-refractivity contribution >= 4 is 50.7 Å². The van der Waals surface area contributed by atoms with E-state index in [0.29, 0.717) is 75.6 Å². The van der Waals surface area contributed by atoms with E-state index in [1.165, 1.54) is 12.4 Å². The van der Waals surface area contributed by atoms with Crippen molar-refractivity contribution in [1.82, 2.24) is 25.1 Å². The van der Waals surface area contributed by atoms with Crippen LogP contribution >= 0.6 is 0 Å². The number of amides is 5. The number of piperazine rings is 2. The number of nitrogens with zero attached hydrogens (tertiary/aromatic N) is 7. The maximum absolute atomic E-state index is 15.1. The lowest BCUT2D eigenvalue weighted by molar-refractivity contribution is -0.123. The zero-order valence-electron chi connectivity index (χ0n) is 35.0. The molecule has 3 fully saturated rings. The summed E-state index contributed by atoms with van der Waals surface area (Å²) in [6.45, 7) is 7.58. The Morgan fingerprint density at radius 3 is 1.45 bits per heavy atom. The van der Waals surface area contributed by atoms with Crippen LogP contribution in [0.25, 0.3) is 0 Å². The van der Waals surface area contributed by atoms with Crippen molar-refractivity contribution in [3.8, 4) is 0 Å². The number of anilines is 3. The first kappa shape index (κ1) is 43.8. The van der Waals surface area contributed by atoms with Crippen molar-refractivity contribution in [3.63, 3.8) is 0 Å². The summed E-state index contributed by atoms with van der Waals surface area (Å²) in [5, 5.41) is 2.89. The number of nitrogens with one attached hydrogen (secondary N) is 1. The van der Waals surface area contributed by atoms with Crippen molar-refractivity contribution in [2.75, 3.05) is 67.1 Å². The highest BCUT2D eigenvalue weighted by Gasteiger charge is 2.59. The second kappa shape index (κ2) is 17.4. The lowest BCUT2D eigenvalue weighted by Crippen LogP contribution is -2.55. The number of para-hydroxylation sites is 2. The second-order valence-electron chi connectivity index (χ2n) is 16.0. The first-order chi connectivity index (χ1) is 30.6. The van der Waals surface area contributed by atoms with Crippen LogP contribution in [0.5, 0.6) is 0 Å². The van der Waals surface area contributed by atoms with Gasteiger partial charge in [-0.05, 0) is 83.9 Å². The van der Waals surface area contributed by atoms with Crippen LogP contribution in [0.2, 0.25) is 0 Å². The minimum absolute atomic E-state index is 0.125. The van der Waals surface area contributed by atoms with Gasteiger partial charge in [0.1, 0.15) is 16.9 Å². The summed E-state index contributed by atoms with van der Waals surface area (Å²) in [6, 6.07) is 28.6. The van der Waals surface area contributed by atoms with Crippen molar-refractivity contribution in [1.29, 1.82) is 0 Å². The Labute approximate surface area is 368 Å². The molecule has 3 aromatic carbocycles. The van der Waals surface area contributed by atoms with Crippen LogP contribution in [0, 0.1) is 0 Å². The minimum Gasteiger partial charge on any atom is -0.368 e. The van der Waals surface area contributed by atoms with E-state index in [1.807, 2.05) is 60.7 Å². The monoisotopic (exact) mass is 894 g/mol. The number of carbonyl (C=O) groups excluding carboxylic acids is 4. The SMILES string of the molecule is CC(c1ccnc(C(=O)N2CCN(c3ccccc3)CC2)c1)C1(C(C)c2ccnc(C(=O)N3CCN(c4ccccc4)CC3)c2)NC(=O)N(c2ccc(S(=O)(=O)C(F)(F)F)cc2)C1=O. The van der Waals surface area contributed by atoms with Crippen LogP contribution in [-0.2, 0) is 14.6 Å². The highest BCUT2D eigenvalue weighted by Crippen LogP contribution is 2.45. The van der Waals surface area contributed by atoms with Crippen LogP contribution in [0.15, 0.2) is 126 Å². The molecule has 8 rings (SSSR count). The van der Waals surface area contributed by atoms with Crippen LogP contribution in [0.4, 0.5) is 35.0 Å². The summed E-state index contributed by atoms with van der Waals surface area (Å²) in [7, 11) is -5.72. The van der Waals surface area contributed by atoms with Gasteiger partial charge in [0.25, 0.3) is 27.6 Å². The number of hydrogen-bond acceptors (Lipinski definition) is 10. The van der Waals surface area contributed by atoms with Crippen molar-refractivity contribution in [3.05, 3.63) is 144 Å². The van der Waals surface area contributed by atoms with Crippen LogP contribution in [0.1, 0.15) is 57.8 Å². The van der Waals surface area contributed by atoms with Gasteiger partial charge in [0.05, 0.1) is 10.6 Å². The lowest BCUT2D eigenvalue weighted by Gasteiger charge is -2.39. The Morgan fingerprint density at radius 2 is 1.05 bits per heavy atom. The van der Waals surface area contributed by atoms with E-state index in [1.54, 1.807) is 47.9 Å². The van der Waals surface area contributed by atoms with Gasteiger partial charge in [-0.3, -0.25) is 24.4 Å². The van der Waals surface area contributed by atoms with Gasteiger partial charge in [0, 0.05) is 88.0 Å². The summed E-state index contributed by atoms with van der Waals surface area (Å²) in [5.41, 5.74) is -4.29. The number of alkyl halides is 3. The molecule has 18 heteroatoms. The highest BCUT2D eigenvalue weighted by molar-refractivity contribution is 7.92. The summed E-state index contributed by atoms with van der Waals surface area (Å²) < 4.78 is 64.5. The number of pyridine rings is 2. The molecule has 3 aliphatic heterocycles. The number of urea groups is 1. The van der Waals surface area contributed by atoms with Crippen LogP contribution < -0.4 is 20.0 Å². The number of aromatic nitrogens is 2. The maximum atomic E-state index is 15.1. The third-order valence-corrected chi connectivity index (χ3v) is 14.0. The predicted molar refractivity (Wildman–Crippen MR) is 233 cm³/mol. The Bertz CT molecular complexity index is 2540. The Balaban J connectivity index is 1.10. The maximum Gasteiger partial charge on any atom is 0.501 e. The fourth-order valence-corrected chi connectivity index (χ4v) is 9.56. The number of hydrogen-bond donors (Lipinski definition) is 1. The predicted octanol–water partition coefficient (Wildman–Crippen LogP) is 6.10. The summed E-state index contributed by atoms with van der Waals surface area (Å²) in [4.78, 5) is 73.3. The van der Waals surface area contributed by atoms with E-state index < -0.39 is 49.6 Å². The van der Waals surface area contributed by atoms with E-state index in [-0.39, 0.29) is 28.9 Å². The first-order valence-corrected chi connectivity index (χ1v) is 22.3. The van der Waals surface area contributed by atoms with E-state index >= 15 is 4.79 Å². The average Bonchev–Trinajstić information content (AvgIpc) is 3.60. The molecule has 3 saturated heterocycles. The van der Waals surface area contributed by atoms with Gasteiger partial charge in [-0.1, -0.05) is 50.2 Å². The van der Waals surface area contributed by atoms with Gasteiger partial charge in [-0.25, -0.2) is 18.1 Å². The summed E-state index contributed by atoms with van der Waals surface area (Å²) in [5.74, 6) is -3.22. The Morgan fingerprint density at radius 1 is 0.625 bits per heavy atom. The lowest BCUT2D eigenvalue weighted by atomic mass is 9.69. The topological polar surface area (TPSA) is 156 Å². The van der Waals surface area contributed by atoms with E-state index in [2.05, 4.69) is 25.1 Å². The molecule has 64 heavy (non-hydrogen) atoms. The van der Waals surface area contributed by atoms with Crippen LogP contribution in [0.3, 0.4) is 0 Å². The molecule has 2 atom stereocenters. The number of benzene rings is 3. The molecule has 1 N–H and O–H groups in total. The molecule has 0 radical (unpaired) electrons. The Kier molecular flexibility index (Phi) is 11.9. The largest absolute Gasteiger partial charge is 0.501 e. The third kappa shape index (κ3) is 8.13. The van der Waals surface area contributed by atoms with Gasteiger partial charge in [0.15, 0.2) is 0 Å². The number of sulfone groups is 1. The zero-order valence-corrected chi connectivity index (χ0v) is 35.8. The molecular formula is C46H45F3N8O6S. The molecule has 0 saturated carbocycles. The van der Waals surface area contributed by atoms with Gasteiger partial charge < -0.3 is 24.9 Å². The van der Waals surface area contributed by atoms with Crippen LogP contribution in [-0.4, -0.2) is 115 Å². The smallest absolute Gasteiger partial charge is 0.368 e. The molecular weight excluding hydrogens is 850 g/mol. The molecule has 2 unspecified atom stereocenters. The van der Waals surface area contributed by atoms with Gasteiger partial charge >= 0.3 is 11.5 Å². The molecule has 332 valence electrons. The number of halogens is 3. The van der Waals surface area contributed by atoms with E-state index in [0.717, 1.165) is 28.4 Å². The summed E-state index contributed by atoms with van der Waals surface area (Å²) >= 11 is 0. The molecule has 14 nitrogen and oxygen atoms in total. The fourth-order valence-electron chi connectivity index (χ4n) is 8.80. The fraction of sp³-hybridized carbons (Fsp3) is 0.304. The quantitative estimate of drug-likeness (QED) is 0.163. The number of imide groups is 1. The minimum atomic E-state index is -5.72. The molecule has 5 aromatic rings. The molecule has 2 aromatic heterocycles. The Hall–Kier alpha value is -6.82. The molecule has 0 bridgehead atoms. The summed E-state index contributed by atoms with van der Waals surface area (Å²) in [6.07, 6.45) is 2.91. The second-order valence-corrected chi connectivity index (χ2v) is 17.9. The zero-order chi connectivity index (χ0) is 45.4. The van der Waals surface area contributed by atoms with Crippen molar-refractivity contribution < 1.29 is 40.8 Å². The molecule has 5 heterocycles. The first-order valence-electron chi connectivity index (χ1n) is 20.8. The van der Waals surface area contributed by atoms with E-state index in [4.69, 9.17) is 0 Å². The van der Waals surface area contributed by atoms with Crippen molar-refractivity contribution in [2.45, 2.75) is 41.6 Å². The van der Waals surface area contributed by atoms with E-state index in [9.17, 15) is 36.0 Å². The number of rotatable bonds is 10. The molecule has 5 amide bonds.